The highest BCUT2D eigenvalue weighted by Gasteiger charge is 2.36. The molecule has 0 atom stereocenters. The molecule has 322 valence electrons. The van der Waals surface area contributed by atoms with Crippen LogP contribution in [0, 0.1) is 0 Å². The Labute approximate surface area is 366 Å². The van der Waals surface area contributed by atoms with Gasteiger partial charge in [0, 0.05) is 73.6 Å². The maximum Gasteiger partial charge on any atom is 0.434 e. The number of hydrazine groups is 1. The Balaban J connectivity index is 0.956. The van der Waals surface area contributed by atoms with E-state index in [2.05, 4.69) is 20.9 Å². The molecule has 1 fully saturated rings. The third-order valence-electron chi connectivity index (χ3n) is 10.8. The zero-order valence-corrected chi connectivity index (χ0v) is 34.7. The van der Waals surface area contributed by atoms with Crippen molar-refractivity contribution in [2.24, 2.45) is 0 Å². The first-order valence-corrected chi connectivity index (χ1v) is 21.0. The van der Waals surface area contributed by atoms with Crippen molar-refractivity contribution in [1.82, 2.24) is 20.9 Å². The monoisotopic (exact) mass is 846 g/mol. The van der Waals surface area contributed by atoms with Gasteiger partial charge in [-0.05, 0) is 60.4 Å². The van der Waals surface area contributed by atoms with Crippen molar-refractivity contribution in [1.29, 1.82) is 0 Å². The van der Waals surface area contributed by atoms with Crippen molar-refractivity contribution in [3.05, 3.63) is 174 Å². The summed E-state index contributed by atoms with van der Waals surface area (Å²) in [4.78, 5) is 56.0. The molecule has 0 spiro atoms. The van der Waals surface area contributed by atoms with Gasteiger partial charge in [0.25, 0.3) is 11.8 Å². The van der Waals surface area contributed by atoms with Crippen LogP contribution in [0.4, 0.5) is 21.0 Å². The Bertz CT molecular complexity index is 2490. The highest BCUT2D eigenvalue weighted by Crippen LogP contribution is 2.38. The number of phenolic OH excluding ortho intramolecular Hbond substituents is 1. The highest BCUT2D eigenvalue weighted by molar-refractivity contribution is 6.06. The number of carbonyl (C=O) groups excluding carboxylic acids is 3. The molecule has 0 aliphatic carbocycles. The number of carboxylic acid groups (broad SMARTS) is 1. The number of nitrogens with one attached hydrogen (secondary N) is 3. The second-order valence-corrected chi connectivity index (χ2v) is 15.0. The highest BCUT2D eigenvalue weighted by atomic mass is 16.6. The molecular formula is C50H50N6O7. The summed E-state index contributed by atoms with van der Waals surface area (Å²) in [6.07, 6.45) is -1.68. The lowest BCUT2D eigenvalue weighted by molar-refractivity contribution is 0.0543. The SMILES string of the molecule is O=C(NCCNCc1ccccc1O)c1cccc(C(=O)NCCN2CCC(OC(=O)N(c3ccccc3-c3ccccc3)N(C(=O)O)c3ccccc3-c3ccccc3)CC2)c1. The summed E-state index contributed by atoms with van der Waals surface area (Å²) in [5.41, 5.74) is 4.99. The number of piperidine rings is 1. The zero-order chi connectivity index (χ0) is 44.0. The fraction of sp³-hybridized carbons (Fsp3) is 0.200. The second-order valence-electron chi connectivity index (χ2n) is 15.0. The molecule has 0 bridgehead atoms. The lowest BCUT2D eigenvalue weighted by Crippen LogP contribution is -2.52. The summed E-state index contributed by atoms with van der Waals surface area (Å²) in [6.45, 7) is 3.42. The van der Waals surface area contributed by atoms with Gasteiger partial charge in [0.1, 0.15) is 11.9 Å². The normalized spacial score (nSPS) is 12.8. The molecule has 63 heavy (non-hydrogen) atoms. The van der Waals surface area contributed by atoms with E-state index >= 15 is 0 Å². The maximum atomic E-state index is 14.5. The Hall–Kier alpha value is -7.48. The number of benzene rings is 6. The quantitative estimate of drug-likeness (QED) is 0.0507. The molecule has 1 aliphatic rings. The van der Waals surface area contributed by atoms with E-state index < -0.39 is 18.3 Å². The number of carbonyl (C=O) groups is 4. The van der Waals surface area contributed by atoms with Gasteiger partial charge in [0.2, 0.25) is 0 Å². The van der Waals surface area contributed by atoms with E-state index in [4.69, 9.17) is 4.74 Å². The van der Waals surface area contributed by atoms with Gasteiger partial charge in [-0.3, -0.25) is 9.59 Å². The van der Waals surface area contributed by atoms with Gasteiger partial charge in [-0.15, -0.1) is 0 Å². The Kier molecular flexibility index (Phi) is 14.8. The summed E-state index contributed by atoms with van der Waals surface area (Å²) in [5, 5.41) is 31.9. The minimum absolute atomic E-state index is 0.214. The molecule has 1 saturated heterocycles. The first kappa shape index (κ1) is 43.6. The molecule has 13 heteroatoms. The fourth-order valence-corrected chi connectivity index (χ4v) is 7.55. The molecule has 5 N–H and O–H groups in total. The molecule has 6 aromatic carbocycles. The average Bonchev–Trinajstić information content (AvgIpc) is 3.32. The Morgan fingerprint density at radius 3 is 1.71 bits per heavy atom. The van der Waals surface area contributed by atoms with Crippen LogP contribution in [0.3, 0.4) is 0 Å². The van der Waals surface area contributed by atoms with Crippen molar-refractivity contribution in [3.8, 4) is 28.0 Å². The second kappa shape index (κ2) is 21.4. The van der Waals surface area contributed by atoms with Crippen molar-refractivity contribution in [2.75, 3.05) is 49.3 Å². The van der Waals surface area contributed by atoms with E-state index in [-0.39, 0.29) is 23.3 Å². The third-order valence-corrected chi connectivity index (χ3v) is 10.8. The fourth-order valence-electron chi connectivity index (χ4n) is 7.55. The first-order valence-electron chi connectivity index (χ1n) is 21.0. The van der Waals surface area contributed by atoms with E-state index in [9.17, 15) is 29.4 Å². The largest absolute Gasteiger partial charge is 0.508 e. The van der Waals surface area contributed by atoms with Crippen LogP contribution in [0.5, 0.6) is 5.75 Å². The summed E-state index contributed by atoms with van der Waals surface area (Å²) >= 11 is 0. The number of hydrogen-bond acceptors (Lipinski definition) is 8. The molecule has 0 saturated carbocycles. The van der Waals surface area contributed by atoms with Crippen LogP contribution < -0.4 is 26.0 Å². The van der Waals surface area contributed by atoms with Crippen LogP contribution in [0.1, 0.15) is 39.1 Å². The number of hydrogen-bond donors (Lipinski definition) is 5. The number of likely N-dealkylation sites (tertiary alicyclic amines) is 1. The number of nitrogens with zero attached hydrogens (tertiary/aromatic N) is 3. The Morgan fingerprint density at radius 2 is 1.13 bits per heavy atom. The standard InChI is InChI=1S/C50H50N6O7/c57-46-25-12-7-18-40(46)35-51-28-29-52-47(58)38-19-13-20-39(34-38)48(59)53-30-33-54-31-26-41(27-32-54)63-50(62)56(45-24-11-9-22-43(45)37-16-5-2-6-17-37)55(49(60)61)44-23-10-8-21-42(44)36-14-3-1-4-15-36/h1-25,34,41,51,57H,26-33,35H2,(H,52,58)(H,53,59)(H,60,61). The van der Waals surface area contributed by atoms with Crippen molar-refractivity contribution in [2.45, 2.75) is 25.5 Å². The number of para-hydroxylation sites is 3. The lowest BCUT2D eigenvalue weighted by atomic mass is 10.0. The van der Waals surface area contributed by atoms with Crippen LogP contribution in [-0.4, -0.2) is 84.5 Å². The molecule has 6 aromatic rings. The zero-order valence-electron chi connectivity index (χ0n) is 34.7. The van der Waals surface area contributed by atoms with E-state index in [1.54, 1.807) is 60.7 Å². The number of amides is 4. The van der Waals surface area contributed by atoms with Gasteiger partial charge < -0.3 is 35.8 Å². The van der Waals surface area contributed by atoms with E-state index in [1.807, 2.05) is 97.1 Å². The summed E-state index contributed by atoms with van der Waals surface area (Å²) in [6, 6.07) is 46.7. The molecule has 1 heterocycles. The topological polar surface area (TPSA) is 164 Å². The lowest BCUT2D eigenvalue weighted by Gasteiger charge is -2.36. The molecule has 13 nitrogen and oxygen atoms in total. The van der Waals surface area contributed by atoms with Gasteiger partial charge in [-0.25, -0.2) is 9.59 Å². The van der Waals surface area contributed by atoms with Gasteiger partial charge in [-0.1, -0.05) is 121 Å². The van der Waals surface area contributed by atoms with Crippen molar-refractivity contribution in [3.63, 3.8) is 0 Å². The van der Waals surface area contributed by atoms with Crippen molar-refractivity contribution >= 4 is 35.4 Å². The number of rotatable bonds is 15. The average molecular weight is 847 g/mol. The molecule has 7 rings (SSSR count). The van der Waals surface area contributed by atoms with Gasteiger partial charge in [0.05, 0.1) is 11.4 Å². The molecule has 4 amide bonds. The summed E-state index contributed by atoms with van der Waals surface area (Å²) < 4.78 is 6.18. The minimum atomic E-state index is -1.36. The van der Waals surface area contributed by atoms with Crippen LogP contribution in [0.25, 0.3) is 22.3 Å². The van der Waals surface area contributed by atoms with E-state index in [0.29, 0.717) is 86.6 Å². The van der Waals surface area contributed by atoms with Gasteiger partial charge >= 0.3 is 12.2 Å². The van der Waals surface area contributed by atoms with Gasteiger partial charge in [0.15, 0.2) is 0 Å². The molecular weight excluding hydrogens is 797 g/mol. The summed E-state index contributed by atoms with van der Waals surface area (Å²) in [7, 11) is 0. The van der Waals surface area contributed by atoms with E-state index in [0.717, 1.165) is 26.7 Å². The number of anilines is 2. The minimum Gasteiger partial charge on any atom is -0.508 e. The number of aromatic hydroxyl groups is 1. The van der Waals surface area contributed by atoms with Crippen LogP contribution in [-0.2, 0) is 11.3 Å². The Morgan fingerprint density at radius 1 is 0.603 bits per heavy atom. The molecule has 0 unspecified atom stereocenters. The van der Waals surface area contributed by atoms with Crippen molar-refractivity contribution < 1.29 is 34.1 Å². The van der Waals surface area contributed by atoms with Crippen LogP contribution >= 0.6 is 0 Å². The maximum absolute atomic E-state index is 14.5. The predicted molar refractivity (Wildman–Crippen MR) is 244 cm³/mol. The number of phenols is 1. The summed E-state index contributed by atoms with van der Waals surface area (Å²) in [5.74, 6) is -0.384. The molecule has 0 aromatic heterocycles. The molecule has 1 aliphatic heterocycles. The predicted octanol–water partition coefficient (Wildman–Crippen LogP) is 8.18. The van der Waals surface area contributed by atoms with Crippen LogP contribution in [0.2, 0.25) is 0 Å². The smallest absolute Gasteiger partial charge is 0.434 e. The number of ether oxygens (including phenoxy) is 1. The van der Waals surface area contributed by atoms with E-state index in [1.165, 1.54) is 0 Å². The van der Waals surface area contributed by atoms with Crippen LogP contribution in [0.15, 0.2) is 158 Å². The molecule has 0 radical (unpaired) electrons. The third kappa shape index (κ3) is 11.3. The first-order chi connectivity index (χ1) is 30.8. The van der Waals surface area contributed by atoms with Gasteiger partial charge in [-0.2, -0.15) is 10.0 Å².